The van der Waals surface area contributed by atoms with Gasteiger partial charge < -0.3 is 9.42 Å². The lowest BCUT2D eigenvalue weighted by Gasteiger charge is -2.34. The Morgan fingerprint density at radius 3 is 2.36 bits per heavy atom. The number of carbonyl (C=O) groups is 1. The summed E-state index contributed by atoms with van der Waals surface area (Å²) in [4.78, 5) is 14.3. The van der Waals surface area contributed by atoms with Crippen molar-refractivity contribution in [3.05, 3.63) is 46.8 Å². The summed E-state index contributed by atoms with van der Waals surface area (Å²) < 4.78 is 32.0. The molecule has 1 aromatic carbocycles. The highest BCUT2D eigenvalue weighted by molar-refractivity contribution is 7.89. The lowest BCUT2D eigenvalue weighted by molar-refractivity contribution is -0.132. The van der Waals surface area contributed by atoms with E-state index in [-0.39, 0.29) is 29.7 Å². The lowest BCUT2D eigenvalue weighted by Crippen LogP contribution is -2.50. The van der Waals surface area contributed by atoms with Crippen molar-refractivity contribution in [1.29, 1.82) is 5.26 Å². The zero-order valence-electron chi connectivity index (χ0n) is 15.9. The number of hydrogen-bond donors (Lipinski definition) is 0. The summed E-state index contributed by atoms with van der Waals surface area (Å²) >= 11 is 0. The molecule has 8 nitrogen and oxygen atoms in total. The molecule has 1 fully saturated rings. The van der Waals surface area contributed by atoms with Gasteiger partial charge in [-0.25, -0.2) is 8.42 Å². The van der Waals surface area contributed by atoms with E-state index < -0.39 is 10.0 Å². The zero-order chi connectivity index (χ0) is 20.3. The lowest BCUT2D eigenvalue weighted by atomic mass is 10.1. The zero-order valence-corrected chi connectivity index (χ0v) is 16.7. The van der Waals surface area contributed by atoms with Gasteiger partial charge in [0.25, 0.3) is 0 Å². The van der Waals surface area contributed by atoms with Crippen molar-refractivity contribution in [3.63, 3.8) is 0 Å². The Kier molecular flexibility index (Phi) is 5.82. The number of hydrogen-bond acceptors (Lipinski definition) is 6. The van der Waals surface area contributed by atoms with Crippen LogP contribution in [-0.4, -0.2) is 54.9 Å². The summed E-state index contributed by atoms with van der Waals surface area (Å²) in [5.74, 6) is 0.275. The van der Waals surface area contributed by atoms with Crippen molar-refractivity contribution >= 4 is 15.9 Å². The van der Waals surface area contributed by atoms with Gasteiger partial charge in [-0.05, 0) is 38.0 Å². The molecule has 28 heavy (non-hydrogen) atoms. The minimum atomic E-state index is -3.68. The van der Waals surface area contributed by atoms with Gasteiger partial charge in [0.1, 0.15) is 10.6 Å². The molecule has 0 saturated carbocycles. The molecule has 9 heteroatoms. The van der Waals surface area contributed by atoms with Gasteiger partial charge in [0.05, 0.1) is 11.6 Å². The summed E-state index contributed by atoms with van der Waals surface area (Å²) in [6, 6.07) is 9.23. The maximum atomic E-state index is 12.8. The maximum Gasteiger partial charge on any atom is 0.248 e. The Bertz CT molecular complexity index is 978. The van der Waals surface area contributed by atoms with Crippen molar-refractivity contribution in [2.45, 2.75) is 31.6 Å². The minimum Gasteiger partial charge on any atom is -0.360 e. The van der Waals surface area contributed by atoms with Gasteiger partial charge in [-0.3, -0.25) is 4.79 Å². The quantitative estimate of drug-likeness (QED) is 0.752. The number of nitrogens with zero attached hydrogens (tertiary/aromatic N) is 4. The molecule has 0 radical (unpaired) electrons. The average Bonchev–Trinajstić information content (AvgIpc) is 3.05. The molecule has 0 aliphatic carbocycles. The number of piperazine rings is 1. The SMILES string of the molecule is Cc1noc(C)c1S(=O)(=O)N1CCN(C(=O)CCc2ccc(C#N)cc2)CC1. The molecule has 1 amide bonds. The van der Waals surface area contributed by atoms with Gasteiger partial charge in [-0.15, -0.1) is 0 Å². The largest absolute Gasteiger partial charge is 0.360 e. The minimum absolute atomic E-state index is 0.00116. The normalized spacial score (nSPS) is 15.4. The fourth-order valence-electron chi connectivity index (χ4n) is 3.31. The average molecular weight is 402 g/mol. The van der Waals surface area contributed by atoms with Crippen LogP contribution in [0, 0.1) is 25.2 Å². The van der Waals surface area contributed by atoms with E-state index in [1.807, 2.05) is 12.1 Å². The van der Waals surface area contributed by atoms with Gasteiger partial charge >= 0.3 is 0 Å². The molecule has 0 atom stereocenters. The Labute approximate surface area is 164 Å². The van der Waals surface area contributed by atoms with Crippen LogP contribution in [0.2, 0.25) is 0 Å². The number of aromatic nitrogens is 1. The third kappa shape index (κ3) is 4.08. The molecular formula is C19H22N4O4S. The molecule has 1 aliphatic heterocycles. The fraction of sp³-hybridized carbons (Fsp3) is 0.421. The van der Waals surface area contributed by atoms with E-state index in [1.54, 1.807) is 30.9 Å². The van der Waals surface area contributed by atoms with Crippen LogP contribution in [0.3, 0.4) is 0 Å². The number of benzene rings is 1. The summed E-state index contributed by atoms with van der Waals surface area (Å²) in [6.07, 6.45) is 0.935. The standard InChI is InChI=1S/C19H22N4O4S/c1-14-19(15(2)27-21-14)28(25,26)23-11-9-22(10-12-23)18(24)8-7-16-3-5-17(13-20)6-4-16/h3-6H,7-12H2,1-2H3. The van der Waals surface area contributed by atoms with Gasteiger partial charge in [0, 0.05) is 32.6 Å². The number of nitriles is 1. The molecule has 1 aliphatic rings. The van der Waals surface area contributed by atoms with Gasteiger partial charge in [-0.1, -0.05) is 17.3 Å². The highest BCUT2D eigenvalue weighted by Gasteiger charge is 2.34. The number of amides is 1. The molecule has 0 spiro atoms. The van der Waals surface area contributed by atoms with Crippen LogP contribution in [0.25, 0.3) is 0 Å². The van der Waals surface area contributed by atoms with E-state index in [4.69, 9.17) is 9.78 Å². The molecule has 1 aromatic heterocycles. The molecule has 0 unspecified atom stereocenters. The molecule has 148 valence electrons. The van der Waals surface area contributed by atoms with Crippen LogP contribution in [0.15, 0.2) is 33.7 Å². The van der Waals surface area contributed by atoms with E-state index in [0.717, 1.165) is 5.56 Å². The maximum absolute atomic E-state index is 12.8. The van der Waals surface area contributed by atoms with Crippen LogP contribution in [0.1, 0.15) is 29.0 Å². The van der Waals surface area contributed by atoms with Crippen LogP contribution in [-0.2, 0) is 21.2 Å². The van der Waals surface area contributed by atoms with Gasteiger partial charge in [0.15, 0.2) is 5.76 Å². The molecular weight excluding hydrogens is 380 g/mol. The molecule has 1 saturated heterocycles. The summed E-state index contributed by atoms with van der Waals surface area (Å²) in [6.45, 7) is 4.38. The molecule has 2 heterocycles. The smallest absolute Gasteiger partial charge is 0.248 e. The first kappa shape index (κ1) is 20.0. The summed E-state index contributed by atoms with van der Waals surface area (Å²) in [7, 11) is -3.68. The second-order valence-corrected chi connectivity index (χ2v) is 8.62. The predicted molar refractivity (Wildman–Crippen MR) is 101 cm³/mol. The predicted octanol–water partition coefficient (Wildman–Crippen LogP) is 1.63. The monoisotopic (exact) mass is 402 g/mol. The van der Waals surface area contributed by atoms with Gasteiger partial charge in [-0.2, -0.15) is 9.57 Å². The molecule has 0 bridgehead atoms. The van der Waals surface area contributed by atoms with E-state index in [2.05, 4.69) is 11.2 Å². The third-order valence-electron chi connectivity index (χ3n) is 4.87. The fourth-order valence-corrected chi connectivity index (χ4v) is 5.02. The van der Waals surface area contributed by atoms with E-state index in [0.29, 0.717) is 37.2 Å². The number of sulfonamides is 1. The van der Waals surface area contributed by atoms with Gasteiger partial charge in [0.2, 0.25) is 15.9 Å². The molecule has 2 aromatic rings. The first-order valence-electron chi connectivity index (χ1n) is 9.03. The van der Waals surface area contributed by atoms with E-state index >= 15 is 0 Å². The van der Waals surface area contributed by atoms with Crippen LogP contribution < -0.4 is 0 Å². The van der Waals surface area contributed by atoms with Crippen LogP contribution >= 0.6 is 0 Å². The number of carbonyl (C=O) groups excluding carboxylic acids is 1. The van der Waals surface area contributed by atoms with Crippen molar-refractivity contribution in [2.24, 2.45) is 0 Å². The van der Waals surface area contributed by atoms with Crippen LogP contribution in [0.4, 0.5) is 0 Å². The highest BCUT2D eigenvalue weighted by atomic mass is 32.2. The summed E-state index contributed by atoms with van der Waals surface area (Å²) in [5, 5.41) is 12.5. The first-order chi connectivity index (χ1) is 13.3. The molecule has 3 rings (SSSR count). The Morgan fingerprint density at radius 1 is 1.18 bits per heavy atom. The number of aryl methyl sites for hydroxylation is 3. The van der Waals surface area contributed by atoms with E-state index in [9.17, 15) is 13.2 Å². The second-order valence-electron chi connectivity index (χ2n) is 6.75. The highest BCUT2D eigenvalue weighted by Crippen LogP contribution is 2.24. The second kappa shape index (κ2) is 8.12. The van der Waals surface area contributed by atoms with Crippen LogP contribution in [0.5, 0.6) is 0 Å². The van der Waals surface area contributed by atoms with Crippen molar-refractivity contribution < 1.29 is 17.7 Å². The third-order valence-corrected chi connectivity index (χ3v) is 7.01. The topological polar surface area (TPSA) is 108 Å². The van der Waals surface area contributed by atoms with Crippen molar-refractivity contribution in [1.82, 2.24) is 14.4 Å². The summed E-state index contributed by atoms with van der Waals surface area (Å²) in [5.41, 5.74) is 1.93. The Balaban J connectivity index is 1.56. The molecule has 0 N–H and O–H groups in total. The number of rotatable bonds is 5. The first-order valence-corrected chi connectivity index (χ1v) is 10.5. The Hall–Kier alpha value is -2.70. The van der Waals surface area contributed by atoms with E-state index in [1.165, 1.54) is 4.31 Å². The van der Waals surface area contributed by atoms with Crippen molar-refractivity contribution in [2.75, 3.05) is 26.2 Å². The van der Waals surface area contributed by atoms with Crippen molar-refractivity contribution in [3.8, 4) is 6.07 Å². The Morgan fingerprint density at radius 2 is 1.82 bits per heavy atom.